The average molecular weight is 336 g/mol. The summed E-state index contributed by atoms with van der Waals surface area (Å²) in [5.41, 5.74) is 4.01. The molecule has 0 aliphatic rings. The number of carbonyl (C=O) groups is 3. The number of rotatable bonds is 6. The summed E-state index contributed by atoms with van der Waals surface area (Å²) in [4.78, 5) is 58.8. The summed E-state index contributed by atoms with van der Waals surface area (Å²) >= 11 is 0. The molecule has 0 spiro atoms. The minimum Gasteiger partial charge on any atom is -0.481 e. The summed E-state index contributed by atoms with van der Waals surface area (Å²) in [6, 6.07) is -1.42. The number of nitrogens with one attached hydrogen (secondary N) is 2. The van der Waals surface area contributed by atoms with Crippen molar-refractivity contribution in [3.8, 4) is 0 Å². The number of nitrogens with two attached hydrogens (primary N) is 1. The number of carbonyl (C=O) groups excluding carboxylic acids is 1. The number of nitrogens with zero attached hydrogens (tertiary/aromatic N) is 3. The summed E-state index contributed by atoms with van der Waals surface area (Å²) < 4.78 is 0. The Bertz CT molecular complexity index is 878. The lowest BCUT2D eigenvalue weighted by atomic mass is 10.1. The Balaban J connectivity index is 2.25. The van der Waals surface area contributed by atoms with Crippen molar-refractivity contribution in [3.05, 3.63) is 22.2 Å². The van der Waals surface area contributed by atoms with Crippen LogP contribution in [-0.2, 0) is 9.59 Å². The van der Waals surface area contributed by atoms with E-state index in [9.17, 15) is 19.2 Å². The second-order valence-corrected chi connectivity index (χ2v) is 4.68. The Labute approximate surface area is 132 Å². The van der Waals surface area contributed by atoms with Crippen LogP contribution in [0.15, 0.2) is 11.0 Å². The standard InChI is InChI=1S/C12H12N6O6/c13-12-17-8-7(10(22)18-12)15-5(3-14-8)9(21)16-4(11(23)24)1-2-6(19)20/h3-4H,1-2H2,(H,16,21)(H,19,20)(H,23,24)(H3,13,14,17,18,22)/t4-/m0/s1. The number of hydrogen-bond acceptors (Lipinski definition) is 8. The zero-order valence-electron chi connectivity index (χ0n) is 12.0. The molecule has 24 heavy (non-hydrogen) atoms. The summed E-state index contributed by atoms with van der Waals surface area (Å²) in [6.45, 7) is 0. The molecule has 2 heterocycles. The smallest absolute Gasteiger partial charge is 0.326 e. The highest BCUT2D eigenvalue weighted by Gasteiger charge is 2.23. The minimum atomic E-state index is -1.42. The van der Waals surface area contributed by atoms with Gasteiger partial charge in [0, 0.05) is 6.42 Å². The van der Waals surface area contributed by atoms with E-state index in [0.717, 1.165) is 6.20 Å². The summed E-state index contributed by atoms with van der Waals surface area (Å²) in [5.74, 6) is -3.68. The van der Waals surface area contributed by atoms with Gasteiger partial charge in [-0.3, -0.25) is 19.4 Å². The molecule has 0 radical (unpaired) electrons. The zero-order chi connectivity index (χ0) is 17.9. The van der Waals surface area contributed by atoms with Gasteiger partial charge in [-0.1, -0.05) is 0 Å². The molecule has 6 N–H and O–H groups in total. The van der Waals surface area contributed by atoms with Gasteiger partial charge in [-0.15, -0.1) is 0 Å². The highest BCUT2D eigenvalue weighted by Crippen LogP contribution is 2.05. The van der Waals surface area contributed by atoms with Crippen molar-refractivity contribution in [1.29, 1.82) is 0 Å². The van der Waals surface area contributed by atoms with Gasteiger partial charge in [0.05, 0.1) is 6.20 Å². The Morgan fingerprint density at radius 1 is 1.29 bits per heavy atom. The number of hydrogen-bond donors (Lipinski definition) is 5. The highest BCUT2D eigenvalue weighted by atomic mass is 16.4. The maximum Gasteiger partial charge on any atom is 0.326 e. The van der Waals surface area contributed by atoms with E-state index in [1.807, 2.05) is 0 Å². The molecular weight excluding hydrogens is 324 g/mol. The lowest BCUT2D eigenvalue weighted by molar-refractivity contribution is -0.140. The molecule has 0 unspecified atom stereocenters. The van der Waals surface area contributed by atoms with E-state index >= 15 is 0 Å². The van der Waals surface area contributed by atoms with Crippen molar-refractivity contribution in [2.45, 2.75) is 18.9 Å². The molecule has 126 valence electrons. The Hall–Kier alpha value is -3.57. The van der Waals surface area contributed by atoms with Crippen molar-refractivity contribution in [3.63, 3.8) is 0 Å². The van der Waals surface area contributed by atoms with Crippen LogP contribution in [0.5, 0.6) is 0 Å². The highest BCUT2D eigenvalue weighted by molar-refractivity contribution is 5.95. The fraction of sp³-hybridized carbons (Fsp3) is 0.250. The lowest BCUT2D eigenvalue weighted by Gasteiger charge is -2.13. The van der Waals surface area contributed by atoms with Crippen LogP contribution in [0.3, 0.4) is 0 Å². The Morgan fingerprint density at radius 3 is 2.62 bits per heavy atom. The van der Waals surface area contributed by atoms with Crippen LogP contribution in [0, 0.1) is 0 Å². The topological polar surface area (TPSA) is 201 Å². The molecule has 0 aliphatic heterocycles. The third-order valence-corrected chi connectivity index (χ3v) is 2.92. The molecule has 12 nitrogen and oxygen atoms in total. The first kappa shape index (κ1) is 16.8. The maximum atomic E-state index is 12.0. The summed E-state index contributed by atoms with van der Waals surface area (Å²) in [5, 5.41) is 19.7. The first-order chi connectivity index (χ1) is 11.3. The summed E-state index contributed by atoms with van der Waals surface area (Å²) in [6.07, 6.45) is 0.249. The largest absolute Gasteiger partial charge is 0.481 e. The van der Waals surface area contributed by atoms with Gasteiger partial charge in [0.15, 0.2) is 11.2 Å². The number of H-pyrrole nitrogens is 1. The fourth-order valence-electron chi connectivity index (χ4n) is 1.80. The number of nitrogen functional groups attached to an aromatic ring is 1. The molecule has 2 rings (SSSR count). The number of aliphatic carboxylic acids is 2. The van der Waals surface area contributed by atoms with Gasteiger partial charge >= 0.3 is 11.9 Å². The van der Waals surface area contributed by atoms with Gasteiger partial charge in [-0.05, 0) is 6.42 Å². The molecule has 2 aromatic rings. The number of carboxylic acid groups (broad SMARTS) is 2. The van der Waals surface area contributed by atoms with E-state index in [1.165, 1.54) is 0 Å². The van der Waals surface area contributed by atoms with E-state index in [2.05, 4.69) is 25.3 Å². The monoisotopic (exact) mass is 336 g/mol. The second kappa shape index (κ2) is 6.68. The molecule has 0 fully saturated rings. The molecule has 1 atom stereocenters. The van der Waals surface area contributed by atoms with Crippen molar-refractivity contribution in [2.75, 3.05) is 5.73 Å². The van der Waals surface area contributed by atoms with Crippen molar-refractivity contribution in [1.82, 2.24) is 25.3 Å². The molecule has 12 heteroatoms. The van der Waals surface area contributed by atoms with E-state index in [1.54, 1.807) is 0 Å². The quantitative estimate of drug-likeness (QED) is 0.406. The predicted molar refractivity (Wildman–Crippen MR) is 78.1 cm³/mol. The van der Waals surface area contributed by atoms with Gasteiger partial charge in [-0.25, -0.2) is 14.8 Å². The van der Waals surface area contributed by atoms with Crippen LogP contribution in [0.4, 0.5) is 5.95 Å². The van der Waals surface area contributed by atoms with Crippen LogP contribution in [-0.4, -0.2) is 54.0 Å². The van der Waals surface area contributed by atoms with Crippen LogP contribution in [0.25, 0.3) is 11.2 Å². The third kappa shape index (κ3) is 3.79. The van der Waals surface area contributed by atoms with E-state index in [-0.39, 0.29) is 29.2 Å². The average Bonchev–Trinajstić information content (AvgIpc) is 2.50. The SMILES string of the molecule is Nc1nc2ncc(C(=O)N[C@@H](CCC(=O)O)C(=O)O)nc2c(=O)[nH]1. The normalized spacial score (nSPS) is 11.8. The van der Waals surface area contributed by atoms with Crippen LogP contribution in [0.2, 0.25) is 0 Å². The Morgan fingerprint density at radius 2 is 2.00 bits per heavy atom. The number of aromatic nitrogens is 4. The van der Waals surface area contributed by atoms with Gasteiger partial charge in [0.25, 0.3) is 11.5 Å². The number of aromatic amines is 1. The van der Waals surface area contributed by atoms with Crippen molar-refractivity contribution < 1.29 is 24.6 Å². The van der Waals surface area contributed by atoms with Crippen LogP contribution >= 0.6 is 0 Å². The van der Waals surface area contributed by atoms with Crippen LogP contribution < -0.4 is 16.6 Å². The molecule has 0 aliphatic carbocycles. The minimum absolute atomic E-state index is 0.0755. The molecule has 0 aromatic carbocycles. The van der Waals surface area contributed by atoms with Gasteiger partial charge in [0.2, 0.25) is 5.95 Å². The first-order valence-corrected chi connectivity index (χ1v) is 6.56. The molecule has 0 saturated heterocycles. The van der Waals surface area contributed by atoms with Crippen molar-refractivity contribution in [2.24, 2.45) is 0 Å². The molecule has 1 amide bonds. The van der Waals surface area contributed by atoms with Crippen molar-refractivity contribution >= 4 is 35.0 Å². The molecular formula is C12H12N6O6. The number of fused-ring (bicyclic) bond motifs is 1. The summed E-state index contributed by atoms with van der Waals surface area (Å²) in [7, 11) is 0. The van der Waals surface area contributed by atoms with Gasteiger partial charge in [0.1, 0.15) is 11.7 Å². The fourth-order valence-corrected chi connectivity index (χ4v) is 1.80. The van der Waals surface area contributed by atoms with Gasteiger partial charge in [-0.2, -0.15) is 4.98 Å². The number of carboxylic acids is 2. The van der Waals surface area contributed by atoms with Gasteiger partial charge < -0.3 is 21.3 Å². The molecule has 0 bridgehead atoms. The predicted octanol–water partition coefficient (Wildman–Crippen LogP) is -1.66. The number of anilines is 1. The van der Waals surface area contributed by atoms with E-state index in [4.69, 9.17) is 15.9 Å². The van der Waals surface area contributed by atoms with Crippen LogP contribution in [0.1, 0.15) is 23.3 Å². The molecule has 0 saturated carbocycles. The number of amides is 1. The Kier molecular flexibility index (Phi) is 4.68. The van der Waals surface area contributed by atoms with E-state index in [0.29, 0.717) is 0 Å². The molecule has 2 aromatic heterocycles. The lowest BCUT2D eigenvalue weighted by Crippen LogP contribution is -2.41. The maximum absolute atomic E-state index is 12.0. The first-order valence-electron chi connectivity index (χ1n) is 6.56. The second-order valence-electron chi connectivity index (χ2n) is 4.68. The zero-order valence-corrected chi connectivity index (χ0v) is 12.0. The third-order valence-electron chi connectivity index (χ3n) is 2.92. The van der Waals surface area contributed by atoms with E-state index < -0.39 is 35.9 Å².